The van der Waals surface area contributed by atoms with Crippen molar-refractivity contribution >= 4 is 11.8 Å². The molecule has 2 aromatic rings. The molecule has 0 radical (unpaired) electrons. The van der Waals surface area contributed by atoms with Crippen molar-refractivity contribution in [3.05, 3.63) is 54.4 Å². The first-order chi connectivity index (χ1) is 15.1. The Hall–Kier alpha value is -2.73. The highest BCUT2D eigenvalue weighted by molar-refractivity contribution is 5.88. The van der Waals surface area contributed by atoms with Crippen LogP contribution in [0.4, 0.5) is 0 Å². The number of amides is 2. The second-order valence-corrected chi connectivity index (χ2v) is 8.59. The van der Waals surface area contributed by atoms with Gasteiger partial charge in [-0.2, -0.15) is 0 Å². The van der Waals surface area contributed by atoms with E-state index in [1.54, 1.807) is 19.4 Å². The molecule has 0 spiro atoms. The second-order valence-electron chi connectivity index (χ2n) is 8.59. The van der Waals surface area contributed by atoms with Crippen molar-refractivity contribution in [1.82, 2.24) is 15.2 Å². The lowest BCUT2D eigenvalue weighted by Crippen LogP contribution is -2.62. The molecule has 1 saturated carbocycles. The summed E-state index contributed by atoms with van der Waals surface area (Å²) < 4.78 is 6.16. The Morgan fingerprint density at radius 1 is 1.13 bits per heavy atom. The summed E-state index contributed by atoms with van der Waals surface area (Å²) in [7, 11) is 1.63. The number of nitrogens with one attached hydrogen (secondary N) is 1. The third-order valence-corrected chi connectivity index (χ3v) is 6.58. The standard InChI is InChI=1S/C25H31N3O3/c1-26-24(30)25(17-21-9-5-6-10-22(21)19-11-13-27-14-12-19)18-28(15-16-31-25)23(29)20-7-3-2-4-8-20/h5-6,9-14,20H,2-4,7-8,15-18H2,1H3,(H,26,30)/t25-/m0/s1. The quantitative estimate of drug-likeness (QED) is 0.805. The van der Waals surface area contributed by atoms with Gasteiger partial charge in [0.25, 0.3) is 5.91 Å². The van der Waals surface area contributed by atoms with Crippen LogP contribution in [0.1, 0.15) is 37.7 Å². The van der Waals surface area contributed by atoms with Crippen LogP contribution in [0.3, 0.4) is 0 Å². The van der Waals surface area contributed by atoms with Gasteiger partial charge in [0.15, 0.2) is 5.60 Å². The fourth-order valence-electron chi connectivity index (χ4n) is 4.93. The van der Waals surface area contributed by atoms with Crippen LogP contribution in [-0.4, -0.2) is 54.0 Å². The maximum atomic E-state index is 13.2. The van der Waals surface area contributed by atoms with Crippen LogP contribution in [0.15, 0.2) is 48.8 Å². The molecule has 0 bridgehead atoms. The Morgan fingerprint density at radius 2 is 1.87 bits per heavy atom. The number of carbonyl (C=O) groups excluding carboxylic acids is 2. The number of ether oxygens (including phenoxy) is 1. The fraction of sp³-hybridized carbons (Fsp3) is 0.480. The largest absolute Gasteiger partial charge is 0.361 e. The molecule has 1 atom stereocenters. The molecule has 1 saturated heterocycles. The molecule has 2 fully saturated rings. The van der Waals surface area contributed by atoms with Gasteiger partial charge in [-0.3, -0.25) is 14.6 Å². The van der Waals surface area contributed by atoms with Crippen LogP contribution >= 0.6 is 0 Å². The predicted octanol–water partition coefficient (Wildman–Crippen LogP) is 3.22. The zero-order chi connectivity index (χ0) is 21.7. The van der Waals surface area contributed by atoms with Crippen LogP contribution in [0.25, 0.3) is 11.1 Å². The van der Waals surface area contributed by atoms with E-state index in [9.17, 15) is 9.59 Å². The highest BCUT2D eigenvalue weighted by atomic mass is 16.5. The maximum Gasteiger partial charge on any atom is 0.254 e. The normalized spacial score (nSPS) is 22.2. The minimum atomic E-state index is -1.10. The molecule has 164 valence electrons. The lowest BCUT2D eigenvalue weighted by atomic mass is 9.85. The number of hydrogen-bond donors (Lipinski definition) is 1. The number of aromatic nitrogens is 1. The lowest BCUT2D eigenvalue weighted by Gasteiger charge is -2.43. The summed E-state index contributed by atoms with van der Waals surface area (Å²) in [5.41, 5.74) is 2.01. The molecule has 1 aromatic heterocycles. The molecule has 1 N–H and O–H groups in total. The number of benzene rings is 1. The average molecular weight is 422 g/mol. The Labute approximate surface area is 184 Å². The molecular weight excluding hydrogens is 390 g/mol. The fourth-order valence-corrected chi connectivity index (χ4v) is 4.93. The van der Waals surface area contributed by atoms with Gasteiger partial charge in [-0.25, -0.2) is 0 Å². The average Bonchev–Trinajstić information content (AvgIpc) is 2.84. The molecule has 6 nitrogen and oxygen atoms in total. The summed E-state index contributed by atoms with van der Waals surface area (Å²) in [6, 6.07) is 12.0. The van der Waals surface area contributed by atoms with Crippen LogP contribution in [-0.2, 0) is 20.7 Å². The van der Waals surface area contributed by atoms with E-state index in [4.69, 9.17) is 4.74 Å². The first kappa shape index (κ1) is 21.5. The number of nitrogens with zero attached hydrogens (tertiary/aromatic N) is 2. The second kappa shape index (κ2) is 9.60. The molecule has 2 aliphatic rings. The summed E-state index contributed by atoms with van der Waals surface area (Å²) in [4.78, 5) is 32.3. The predicted molar refractivity (Wildman–Crippen MR) is 119 cm³/mol. The molecule has 6 heteroatoms. The summed E-state index contributed by atoms with van der Waals surface area (Å²) >= 11 is 0. The van der Waals surface area contributed by atoms with Crippen molar-refractivity contribution in [2.75, 3.05) is 26.7 Å². The summed E-state index contributed by atoms with van der Waals surface area (Å²) in [6.07, 6.45) is 9.27. The van der Waals surface area contributed by atoms with E-state index < -0.39 is 5.60 Å². The molecule has 1 aromatic carbocycles. The number of likely N-dealkylation sites (N-methyl/N-ethyl adjacent to an activating group) is 1. The number of morpholine rings is 1. The van der Waals surface area contributed by atoms with E-state index in [2.05, 4.69) is 16.4 Å². The molecule has 1 aliphatic carbocycles. The van der Waals surface area contributed by atoms with E-state index in [0.29, 0.717) is 19.6 Å². The Morgan fingerprint density at radius 3 is 2.61 bits per heavy atom. The van der Waals surface area contributed by atoms with Crippen LogP contribution in [0.5, 0.6) is 0 Å². The number of carbonyl (C=O) groups is 2. The molecule has 0 unspecified atom stereocenters. The van der Waals surface area contributed by atoms with Crippen LogP contribution in [0, 0.1) is 5.92 Å². The monoisotopic (exact) mass is 421 g/mol. The van der Waals surface area contributed by atoms with Crippen LogP contribution in [0.2, 0.25) is 0 Å². The highest BCUT2D eigenvalue weighted by Crippen LogP contribution is 2.32. The van der Waals surface area contributed by atoms with Crippen molar-refractivity contribution in [2.24, 2.45) is 5.92 Å². The Bertz CT molecular complexity index is 911. The van der Waals surface area contributed by atoms with Crippen molar-refractivity contribution in [1.29, 1.82) is 0 Å². The first-order valence-electron chi connectivity index (χ1n) is 11.3. The van der Waals surface area contributed by atoms with E-state index >= 15 is 0 Å². The van der Waals surface area contributed by atoms with Crippen molar-refractivity contribution in [2.45, 2.75) is 44.1 Å². The van der Waals surface area contributed by atoms with Gasteiger partial charge >= 0.3 is 0 Å². The third kappa shape index (κ3) is 4.64. The van der Waals surface area contributed by atoms with Crippen molar-refractivity contribution < 1.29 is 14.3 Å². The Balaban J connectivity index is 1.62. The number of pyridine rings is 1. The van der Waals surface area contributed by atoms with Gasteiger partial charge in [0.1, 0.15) is 0 Å². The number of rotatable bonds is 5. The maximum absolute atomic E-state index is 13.2. The van der Waals surface area contributed by atoms with E-state index in [1.165, 1.54) is 6.42 Å². The van der Waals surface area contributed by atoms with Gasteiger partial charge in [0.2, 0.25) is 5.91 Å². The summed E-state index contributed by atoms with van der Waals surface area (Å²) in [5, 5.41) is 2.78. The zero-order valence-electron chi connectivity index (χ0n) is 18.2. The Kier molecular flexibility index (Phi) is 6.66. The van der Waals surface area contributed by atoms with Crippen molar-refractivity contribution in [3.63, 3.8) is 0 Å². The topological polar surface area (TPSA) is 71.5 Å². The van der Waals surface area contributed by atoms with E-state index in [0.717, 1.165) is 42.4 Å². The molecule has 1 aliphatic heterocycles. The summed E-state index contributed by atoms with van der Waals surface area (Å²) in [5.74, 6) is 0.0789. The first-order valence-corrected chi connectivity index (χ1v) is 11.3. The highest BCUT2D eigenvalue weighted by Gasteiger charge is 2.45. The minimum Gasteiger partial charge on any atom is -0.361 e. The van der Waals surface area contributed by atoms with Gasteiger partial charge in [0, 0.05) is 38.3 Å². The minimum absolute atomic E-state index is 0.0818. The lowest BCUT2D eigenvalue weighted by molar-refractivity contribution is -0.167. The third-order valence-electron chi connectivity index (χ3n) is 6.58. The smallest absolute Gasteiger partial charge is 0.254 e. The molecule has 4 rings (SSSR count). The summed E-state index contributed by atoms with van der Waals surface area (Å²) in [6.45, 7) is 1.19. The van der Waals surface area contributed by atoms with Gasteiger partial charge in [-0.05, 0) is 41.7 Å². The van der Waals surface area contributed by atoms with E-state index in [-0.39, 0.29) is 24.3 Å². The molecule has 31 heavy (non-hydrogen) atoms. The zero-order valence-corrected chi connectivity index (χ0v) is 18.2. The van der Waals surface area contributed by atoms with E-state index in [1.807, 2.05) is 35.2 Å². The molecule has 2 heterocycles. The number of hydrogen-bond acceptors (Lipinski definition) is 4. The van der Waals surface area contributed by atoms with Gasteiger partial charge in [-0.15, -0.1) is 0 Å². The molecule has 2 amide bonds. The van der Waals surface area contributed by atoms with Gasteiger partial charge in [-0.1, -0.05) is 43.5 Å². The molecular formula is C25H31N3O3. The van der Waals surface area contributed by atoms with Gasteiger partial charge < -0.3 is 15.0 Å². The SMILES string of the molecule is CNC(=O)[C@]1(Cc2ccccc2-c2ccncc2)CN(C(=O)C2CCCCC2)CCO1. The van der Waals surface area contributed by atoms with Crippen LogP contribution < -0.4 is 5.32 Å². The van der Waals surface area contributed by atoms with Crippen molar-refractivity contribution in [3.8, 4) is 11.1 Å². The van der Waals surface area contributed by atoms with Gasteiger partial charge in [0.05, 0.1) is 13.2 Å².